The number of aromatic nitrogens is 1. The van der Waals surface area contributed by atoms with Crippen LogP contribution in [0.1, 0.15) is 28.2 Å². The first-order chi connectivity index (χ1) is 11.5. The number of nitrogens with one attached hydrogen (secondary N) is 1. The van der Waals surface area contributed by atoms with Crippen molar-refractivity contribution in [1.29, 1.82) is 0 Å². The number of amides is 1. The van der Waals surface area contributed by atoms with E-state index in [9.17, 15) is 9.59 Å². The number of aromatic carboxylic acids is 1. The van der Waals surface area contributed by atoms with Crippen LogP contribution in [0, 0.1) is 6.92 Å². The Morgan fingerprint density at radius 1 is 1.25 bits per heavy atom. The molecule has 0 spiro atoms. The summed E-state index contributed by atoms with van der Waals surface area (Å²) in [7, 11) is 0. The van der Waals surface area contributed by atoms with Crippen LogP contribution < -0.4 is 5.32 Å². The van der Waals surface area contributed by atoms with E-state index in [2.05, 4.69) is 15.2 Å². The number of aryl methyl sites for hydroxylation is 1. The molecule has 1 aromatic heterocycles. The van der Waals surface area contributed by atoms with E-state index < -0.39 is 5.97 Å². The van der Waals surface area contributed by atoms with E-state index in [1.165, 1.54) is 0 Å². The van der Waals surface area contributed by atoms with Gasteiger partial charge in [0.15, 0.2) is 0 Å². The second kappa shape index (κ2) is 7.11. The van der Waals surface area contributed by atoms with Gasteiger partial charge in [-0.15, -0.1) is 11.3 Å². The van der Waals surface area contributed by atoms with Gasteiger partial charge in [0.25, 0.3) is 0 Å². The number of carbonyl (C=O) groups is 2. The van der Waals surface area contributed by atoms with E-state index >= 15 is 0 Å². The Hall–Kier alpha value is -2.25. The van der Waals surface area contributed by atoms with Crippen molar-refractivity contribution in [3.8, 4) is 10.6 Å². The van der Waals surface area contributed by atoms with Gasteiger partial charge in [-0.3, -0.25) is 9.69 Å². The molecular weight excluding hydrogens is 326 g/mol. The molecule has 0 bridgehead atoms. The molecule has 1 aromatic carbocycles. The third-order valence-electron chi connectivity index (χ3n) is 3.97. The third kappa shape index (κ3) is 3.80. The average molecular weight is 345 g/mol. The lowest BCUT2D eigenvalue weighted by Gasteiger charge is -2.14. The molecule has 1 saturated heterocycles. The molecule has 0 radical (unpaired) electrons. The Balaban J connectivity index is 1.65. The van der Waals surface area contributed by atoms with Crippen LogP contribution in [0.5, 0.6) is 0 Å². The van der Waals surface area contributed by atoms with E-state index in [1.54, 1.807) is 6.92 Å². The topological polar surface area (TPSA) is 82.5 Å². The van der Waals surface area contributed by atoms with Crippen LogP contribution in [0.2, 0.25) is 0 Å². The van der Waals surface area contributed by atoms with Crippen molar-refractivity contribution in [3.05, 3.63) is 34.8 Å². The fourth-order valence-corrected chi connectivity index (χ4v) is 3.67. The van der Waals surface area contributed by atoms with Crippen LogP contribution >= 0.6 is 11.3 Å². The Kier molecular flexibility index (Phi) is 4.92. The molecule has 0 unspecified atom stereocenters. The fraction of sp³-hybridized carbons (Fsp3) is 0.353. The number of carbonyl (C=O) groups excluding carboxylic acids is 1. The zero-order chi connectivity index (χ0) is 17.1. The standard InChI is InChI=1S/C17H19N3O3S/c1-11-15(17(22)23)24-16(18-11)12-4-6-13(7-5-12)19-14(21)10-20-8-2-3-9-20/h4-7H,2-3,8-10H2,1H3,(H,19,21)(H,22,23). The molecule has 1 aliphatic rings. The highest BCUT2D eigenvalue weighted by Crippen LogP contribution is 2.28. The van der Waals surface area contributed by atoms with Gasteiger partial charge in [-0.25, -0.2) is 9.78 Å². The molecule has 1 fully saturated rings. The average Bonchev–Trinajstić information content (AvgIpc) is 3.17. The van der Waals surface area contributed by atoms with Gasteiger partial charge in [0, 0.05) is 11.3 Å². The van der Waals surface area contributed by atoms with Gasteiger partial charge in [-0.2, -0.15) is 0 Å². The molecule has 0 aliphatic carbocycles. The summed E-state index contributed by atoms with van der Waals surface area (Å²) in [5.74, 6) is -0.968. The zero-order valence-corrected chi connectivity index (χ0v) is 14.2. The first-order valence-corrected chi connectivity index (χ1v) is 8.68. The number of nitrogens with zero attached hydrogens (tertiary/aromatic N) is 2. The lowest BCUT2D eigenvalue weighted by molar-refractivity contribution is -0.117. The van der Waals surface area contributed by atoms with Crippen LogP contribution in [0.25, 0.3) is 10.6 Å². The summed E-state index contributed by atoms with van der Waals surface area (Å²) >= 11 is 1.16. The van der Waals surface area contributed by atoms with Crippen molar-refractivity contribution in [2.75, 3.05) is 25.0 Å². The summed E-state index contributed by atoms with van der Waals surface area (Å²) in [5.41, 5.74) is 2.09. The van der Waals surface area contributed by atoms with Gasteiger partial charge in [0.2, 0.25) is 5.91 Å². The van der Waals surface area contributed by atoms with Gasteiger partial charge < -0.3 is 10.4 Å². The number of carboxylic acid groups (broad SMARTS) is 1. The summed E-state index contributed by atoms with van der Waals surface area (Å²) in [6.45, 7) is 4.09. The van der Waals surface area contributed by atoms with Gasteiger partial charge in [-0.1, -0.05) is 0 Å². The van der Waals surface area contributed by atoms with Crippen molar-refractivity contribution in [2.24, 2.45) is 0 Å². The molecule has 0 atom stereocenters. The summed E-state index contributed by atoms with van der Waals surface area (Å²) in [6, 6.07) is 7.31. The lowest BCUT2D eigenvalue weighted by atomic mass is 10.2. The van der Waals surface area contributed by atoms with E-state index in [0.717, 1.165) is 48.5 Å². The summed E-state index contributed by atoms with van der Waals surface area (Å²) in [4.78, 5) is 29.8. The van der Waals surface area contributed by atoms with Crippen molar-refractivity contribution in [2.45, 2.75) is 19.8 Å². The molecule has 126 valence electrons. The molecular formula is C17H19N3O3S. The van der Waals surface area contributed by atoms with Crippen molar-refractivity contribution in [1.82, 2.24) is 9.88 Å². The van der Waals surface area contributed by atoms with E-state index in [-0.39, 0.29) is 10.8 Å². The monoisotopic (exact) mass is 345 g/mol. The molecule has 2 aromatic rings. The minimum Gasteiger partial charge on any atom is -0.477 e. The van der Waals surface area contributed by atoms with Gasteiger partial charge in [0.1, 0.15) is 9.88 Å². The zero-order valence-electron chi connectivity index (χ0n) is 13.4. The predicted molar refractivity (Wildman–Crippen MR) is 93.6 cm³/mol. The summed E-state index contributed by atoms with van der Waals surface area (Å²) in [6.07, 6.45) is 2.32. The molecule has 2 N–H and O–H groups in total. The largest absolute Gasteiger partial charge is 0.477 e. The Labute approximate surface area is 144 Å². The Morgan fingerprint density at radius 3 is 2.50 bits per heavy atom. The Bertz CT molecular complexity index is 749. The molecule has 1 aliphatic heterocycles. The van der Waals surface area contributed by atoms with E-state index in [0.29, 0.717) is 17.2 Å². The number of likely N-dealkylation sites (tertiary alicyclic amines) is 1. The SMILES string of the molecule is Cc1nc(-c2ccc(NC(=O)CN3CCCC3)cc2)sc1C(=O)O. The molecule has 6 nitrogen and oxygen atoms in total. The van der Waals surface area contributed by atoms with E-state index in [1.807, 2.05) is 24.3 Å². The highest BCUT2D eigenvalue weighted by Gasteiger charge is 2.16. The van der Waals surface area contributed by atoms with Gasteiger partial charge in [-0.05, 0) is 57.1 Å². The van der Waals surface area contributed by atoms with Crippen LogP contribution in [0.15, 0.2) is 24.3 Å². The first-order valence-electron chi connectivity index (χ1n) is 7.86. The second-order valence-corrected chi connectivity index (χ2v) is 6.85. The molecule has 24 heavy (non-hydrogen) atoms. The smallest absolute Gasteiger partial charge is 0.347 e. The Morgan fingerprint density at radius 2 is 1.92 bits per heavy atom. The number of hydrogen-bond acceptors (Lipinski definition) is 5. The number of hydrogen-bond donors (Lipinski definition) is 2. The number of thiazole rings is 1. The minimum atomic E-state index is -0.956. The number of benzene rings is 1. The second-order valence-electron chi connectivity index (χ2n) is 5.85. The van der Waals surface area contributed by atoms with Crippen LogP contribution in [0.4, 0.5) is 5.69 Å². The molecule has 1 amide bonds. The predicted octanol–water partition coefficient (Wildman–Crippen LogP) is 2.85. The molecule has 7 heteroatoms. The van der Waals surface area contributed by atoms with Crippen LogP contribution in [0.3, 0.4) is 0 Å². The van der Waals surface area contributed by atoms with Crippen LogP contribution in [-0.2, 0) is 4.79 Å². The van der Waals surface area contributed by atoms with Crippen molar-refractivity contribution < 1.29 is 14.7 Å². The lowest BCUT2D eigenvalue weighted by Crippen LogP contribution is -2.30. The maximum atomic E-state index is 12.0. The molecule has 3 rings (SSSR count). The van der Waals surface area contributed by atoms with Crippen molar-refractivity contribution in [3.63, 3.8) is 0 Å². The number of carboxylic acids is 1. The van der Waals surface area contributed by atoms with Crippen molar-refractivity contribution >= 4 is 28.9 Å². The summed E-state index contributed by atoms with van der Waals surface area (Å²) < 4.78 is 0. The normalized spacial score (nSPS) is 14.7. The first kappa shape index (κ1) is 16.6. The third-order valence-corrected chi connectivity index (χ3v) is 5.17. The summed E-state index contributed by atoms with van der Waals surface area (Å²) in [5, 5.41) is 12.7. The van der Waals surface area contributed by atoms with Crippen LogP contribution in [-0.4, -0.2) is 46.5 Å². The highest BCUT2D eigenvalue weighted by atomic mass is 32.1. The minimum absolute atomic E-state index is 0.0112. The number of anilines is 1. The van der Waals surface area contributed by atoms with Gasteiger partial charge in [0.05, 0.1) is 12.2 Å². The molecule has 0 saturated carbocycles. The van der Waals surface area contributed by atoms with Gasteiger partial charge >= 0.3 is 5.97 Å². The molecule has 2 heterocycles. The maximum Gasteiger partial charge on any atom is 0.347 e. The quantitative estimate of drug-likeness (QED) is 0.871. The highest BCUT2D eigenvalue weighted by molar-refractivity contribution is 7.17. The number of rotatable bonds is 5. The fourth-order valence-electron chi connectivity index (χ4n) is 2.76. The van der Waals surface area contributed by atoms with E-state index in [4.69, 9.17) is 5.11 Å². The maximum absolute atomic E-state index is 12.0.